The van der Waals surface area contributed by atoms with Crippen LogP contribution in [-0.2, 0) is 19.5 Å². The molecule has 0 aromatic heterocycles. The molecule has 0 radical (unpaired) electrons. The molecule has 5 fully saturated rings. The topological polar surface area (TPSA) is 79.4 Å². The Morgan fingerprint density at radius 1 is 0.974 bits per heavy atom. The zero-order valence-corrected chi connectivity index (χ0v) is 23.7. The smallest absolute Gasteiger partial charge is 0.410 e. The highest BCUT2D eigenvalue weighted by Gasteiger charge is 2.60. The van der Waals surface area contributed by atoms with E-state index in [1.54, 1.807) is 28.6 Å². The van der Waals surface area contributed by atoms with Crippen molar-refractivity contribution in [3.63, 3.8) is 0 Å². The molecule has 5 aliphatic rings. The molecule has 0 spiro atoms. The number of hydrogen-bond donors (Lipinski definition) is 0. The number of amides is 1. The normalized spacial score (nSPS) is 29.2. The van der Waals surface area contributed by atoms with E-state index < -0.39 is 21.7 Å². The zero-order valence-electron chi connectivity index (χ0n) is 22.1. The van der Waals surface area contributed by atoms with E-state index in [2.05, 4.69) is 4.90 Å². The highest BCUT2D eigenvalue weighted by Crippen LogP contribution is 2.49. The molecule has 2 aliphatic carbocycles. The van der Waals surface area contributed by atoms with E-state index in [-0.39, 0.29) is 23.6 Å². The van der Waals surface area contributed by atoms with Gasteiger partial charge in [-0.1, -0.05) is 30.9 Å². The fourth-order valence-corrected chi connectivity index (χ4v) is 8.64. The van der Waals surface area contributed by atoms with Gasteiger partial charge >= 0.3 is 6.09 Å². The van der Waals surface area contributed by atoms with Crippen molar-refractivity contribution in [3.05, 3.63) is 29.3 Å². The molecule has 210 valence electrons. The van der Waals surface area contributed by atoms with Gasteiger partial charge in [-0.05, 0) is 88.2 Å². The maximum absolute atomic E-state index is 14.0. The Kier molecular flexibility index (Phi) is 7.68. The van der Waals surface area contributed by atoms with Crippen LogP contribution < -0.4 is 0 Å². The molecular weight excluding hydrogens is 526 g/mol. The lowest BCUT2D eigenvalue weighted by atomic mass is 10.0. The van der Waals surface area contributed by atoms with Gasteiger partial charge in [0.05, 0.1) is 24.2 Å². The van der Waals surface area contributed by atoms with E-state index in [0.717, 1.165) is 32.1 Å². The standard InChI is InChI=1S/C28H40ClN3O5S/c29-22-6-8-25(9-7-22)38(34,35)32-24(18-21-4-5-21)19-36-20-26(32)28(12-13-28)37-27(33)31-16-10-23(11-17-31)30-14-2-1-3-15-30/h6-9,21,23-24,26H,1-5,10-20H2/t24-,26-/m1/s1. The summed E-state index contributed by atoms with van der Waals surface area (Å²) in [5.74, 6) is 0.532. The number of piperidine rings is 2. The Labute approximate surface area is 231 Å². The number of nitrogens with zero attached hydrogens (tertiary/aromatic N) is 3. The van der Waals surface area contributed by atoms with Crippen LogP contribution in [0.15, 0.2) is 29.2 Å². The van der Waals surface area contributed by atoms with Crippen LogP contribution in [0.1, 0.15) is 64.2 Å². The van der Waals surface area contributed by atoms with Gasteiger partial charge in [0.15, 0.2) is 0 Å². The fraction of sp³-hybridized carbons (Fsp3) is 0.750. The zero-order chi connectivity index (χ0) is 26.3. The first-order chi connectivity index (χ1) is 18.4. The van der Waals surface area contributed by atoms with Crippen molar-refractivity contribution in [1.82, 2.24) is 14.1 Å². The highest BCUT2D eigenvalue weighted by atomic mass is 35.5. The summed E-state index contributed by atoms with van der Waals surface area (Å²) in [5.41, 5.74) is -0.831. The minimum atomic E-state index is -3.83. The second-order valence-corrected chi connectivity index (χ2v) is 14.2. The SMILES string of the molecule is O=C(OC1([C@H]2COC[C@@H](CC3CC3)N2S(=O)(=O)c2ccc(Cl)cc2)CC1)N1CCC(N2CCCCC2)CC1. The molecule has 2 atom stereocenters. The summed E-state index contributed by atoms with van der Waals surface area (Å²) in [7, 11) is -3.83. The Morgan fingerprint density at radius 3 is 2.29 bits per heavy atom. The summed E-state index contributed by atoms with van der Waals surface area (Å²) in [4.78, 5) is 18.0. The Hall–Kier alpha value is -1.39. The third-order valence-corrected chi connectivity index (χ3v) is 11.4. The highest BCUT2D eigenvalue weighted by molar-refractivity contribution is 7.89. The molecule has 3 heterocycles. The second kappa shape index (κ2) is 10.9. The van der Waals surface area contributed by atoms with Crippen LogP contribution in [0.5, 0.6) is 0 Å². The van der Waals surface area contributed by atoms with E-state index in [4.69, 9.17) is 21.1 Å². The molecule has 3 aliphatic heterocycles. The Balaban J connectivity index is 1.17. The molecule has 3 saturated heterocycles. The first kappa shape index (κ1) is 26.8. The molecule has 0 N–H and O–H groups in total. The first-order valence-corrected chi connectivity index (χ1v) is 16.3. The number of rotatable bonds is 7. The molecule has 2 saturated carbocycles. The van der Waals surface area contributed by atoms with E-state index in [1.165, 1.54) is 32.4 Å². The van der Waals surface area contributed by atoms with Crippen molar-refractivity contribution in [2.75, 3.05) is 39.4 Å². The number of carbonyl (C=O) groups excluding carboxylic acids is 1. The third kappa shape index (κ3) is 5.59. The molecule has 0 unspecified atom stereocenters. The maximum atomic E-state index is 14.0. The van der Waals surface area contributed by atoms with Crippen molar-refractivity contribution >= 4 is 27.7 Å². The van der Waals surface area contributed by atoms with E-state index in [9.17, 15) is 13.2 Å². The summed E-state index contributed by atoms with van der Waals surface area (Å²) in [5, 5.41) is 0.494. The van der Waals surface area contributed by atoms with Crippen LogP contribution in [0.4, 0.5) is 4.79 Å². The van der Waals surface area contributed by atoms with Gasteiger partial charge in [-0.2, -0.15) is 4.31 Å². The van der Waals surface area contributed by atoms with Crippen molar-refractivity contribution in [3.8, 4) is 0 Å². The van der Waals surface area contributed by atoms with Crippen LogP contribution in [0, 0.1) is 5.92 Å². The van der Waals surface area contributed by atoms with Crippen molar-refractivity contribution < 1.29 is 22.7 Å². The van der Waals surface area contributed by atoms with Crippen molar-refractivity contribution in [1.29, 1.82) is 0 Å². The Bertz CT molecular complexity index is 1090. The summed E-state index contributed by atoms with van der Waals surface area (Å²) < 4.78 is 41.9. The summed E-state index contributed by atoms with van der Waals surface area (Å²) in [6.07, 6.45) is 9.82. The van der Waals surface area contributed by atoms with E-state index >= 15 is 0 Å². The predicted octanol–water partition coefficient (Wildman–Crippen LogP) is 4.52. The number of likely N-dealkylation sites (tertiary alicyclic amines) is 2. The second-order valence-electron chi connectivity index (χ2n) is 11.9. The molecule has 1 aromatic carbocycles. The quantitative estimate of drug-likeness (QED) is 0.484. The molecular formula is C28H40ClN3O5S. The average Bonchev–Trinajstić information content (AvgIpc) is 3.87. The molecule has 8 nitrogen and oxygen atoms in total. The van der Waals surface area contributed by atoms with Gasteiger partial charge in [-0.15, -0.1) is 0 Å². The van der Waals surface area contributed by atoms with Crippen LogP contribution in [0.25, 0.3) is 0 Å². The van der Waals surface area contributed by atoms with Gasteiger partial charge in [-0.25, -0.2) is 13.2 Å². The minimum absolute atomic E-state index is 0.219. The minimum Gasteiger partial charge on any atom is -0.441 e. The maximum Gasteiger partial charge on any atom is 0.410 e. The number of halogens is 1. The van der Waals surface area contributed by atoms with E-state index in [0.29, 0.717) is 49.5 Å². The van der Waals surface area contributed by atoms with Crippen molar-refractivity contribution in [2.45, 2.75) is 92.8 Å². The lowest BCUT2D eigenvalue weighted by Gasteiger charge is -2.45. The first-order valence-electron chi connectivity index (χ1n) is 14.4. The lowest BCUT2D eigenvalue weighted by Crippen LogP contribution is -2.61. The van der Waals surface area contributed by atoms with Gasteiger partial charge < -0.3 is 19.3 Å². The molecule has 0 bridgehead atoms. The predicted molar refractivity (Wildman–Crippen MR) is 145 cm³/mol. The summed E-state index contributed by atoms with van der Waals surface area (Å²) >= 11 is 6.06. The fourth-order valence-electron chi connectivity index (χ4n) is 6.67. The number of morpholine rings is 1. The number of hydrogen-bond acceptors (Lipinski definition) is 6. The summed E-state index contributed by atoms with van der Waals surface area (Å²) in [6, 6.07) is 6.10. The van der Waals surface area contributed by atoms with Gasteiger partial charge in [0.1, 0.15) is 5.60 Å². The number of ether oxygens (including phenoxy) is 2. The number of carbonyl (C=O) groups is 1. The molecule has 1 aromatic rings. The van der Waals surface area contributed by atoms with Gasteiger partial charge in [0.2, 0.25) is 10.0 Å². The van der Waals surface area contributed by atoms with Gasteiger partial charge in [-0.3, -0.25) is 0 Å². The van der Waals surface area contributed by atoms with Crippen LogP contribution in [0.3, 0.4) is 0 Å². The number of benzene rings is 1. The lowest BCUT2D eigenvalue weighted by molar-refractivity contribution is -0.0747. The molecule has 38 heavy (non-hydrogen) atoms. The molecule has 6 rings (SSSR count). The third-order valence-electron chi connectivity index (χ3n) is 9.21. The molecule has 1 amide bonds. The monoisotopic (exact) mass is 565 g/mol. The van der Waals surface area contributed by atoms with Crippen LogP contribution in [0.2, 0.25) is 5.02 Å². The van der Waals surface area contributed by atoms with Crippen LogP contribution >= 0.6 is 11.6 Å². The number of sulfonamides is 1. The summed E-state index contributed by atoms with van der Waals surface area (Å²) in [6.45, 7) is 4.31. The van der Waals surface area contributed by atoms with Gasteiger partial charge in [0, 0.05) is 30.2 Å². The largest absolute Gasteiger partial charge is 0.441 e. The van der Waals surface area contributed by atoms with Gasteiger partial charge in [0.25, 0.3) is 0 Å². The molecule has 10 heteroatoms. The average molecular weight is 566 g/mol. The van der Waals surface area contributed by atoms with E-state index in [1.807, 2.05) is 4.90 Å². The Morgan fingerprint density at radius 2 is 1.66 bits per heavy atom. The van der Waals surface area contributed by atoms with Crippen molar-refractivity contribution in [2.24, 2.45) is 5.92 Å². The van der Waals surface area contributed by atoms with Crippen LogP contribution in [-0.4, -0.2) is 91.7 Å².